The number of thiocarbonyl (C=S) groups is 1. The Labute approximate surface area is 175 Å². The van der Waals surface area contributed by atoms with E-state index in [1.807, 2.05) is 37.3 Å². The van der Waals surface area contributed by atoms with Crippen molar-refractivity contribution in [2.75, 3.05) is 38.8 Å². The number of piperidine rings is 1. The van der Waals surface area contributed by atoms with E-state index < -0.39 is 0 Å². The van der Waals surface area contributed by atoms with Gasteiger partial charge in [-0.05, 0) is 44.1 Å². The molecule has 0 aliphatic carbocycles. The second-order valence-electron chi connectivity index (χ2n) is 6.83. The molecule has 0 spiro atoms. The topological polar surface area (TPSA) is 48.9 Å². The molecule has 1 aromatic heterocycles. The van der Waals surface area contributed by atoms with Crippen LogP contribution in [0.5, 0.6) is 0 Å². The van der Waals surface area contributed by atoms with Gasteiger partial charge >= 0.3 is 5.97 Å². The molecule has 1 fully saturated rings. The number of nitrogens with zero attached hydrogens (tertiary/aromatic N) is 4. The third-order valence-corrected chi connectivity index (χ3v) is 6.14. The van der Waals surface area contributed by atoms with Crippen LogP contribution in [-0.4, -0.2) is 59.8 Å². The number of aromatic nitrogens is 1. The third kappa shape index (κ3) is 4.68. The Bertz CT molecular complexity index is 802. The average Bonchev–Trinajstić information content (AvgIpc) is 3.19. The summed E-state index contributed by atoms with van der Waals surface area (Å²) in [6.07, 6.45) is 1.93. The van der Waals surface area contributed by atoms with Crippen molar-refractivity contribution in [1.29, 1.82) is 0 Å². The van der Waals surface area contributed by atoms with Crippen molar-refractivity contribution in [1.82, 2.24) is 14.9 Å². The number of anilines is 1. The standard InChI is InChI=1S/C20H26N4O2S2/c1-4-26-19(25)17-14-28-18(21-17)15-10-12-23(13-11-15)20(27)24(22(2)3)16-8-6-5-7-9-16/h5-9,14-15H,4,10-13H2,1-3H3. The zero-order valence-corrected chi connectivity index (χ0v) is 18.1. The average molecular weight is 419 g/mol. The second-order valence-corrected chi connectivity index (χ2v) is 8.08. The van der Waals surface area contributed by atoms with Gasteiger partial charge in [-0.1, -0.05) is 18.2 Å². The molecule has 1 aromatic carbocycles. The predicted octanol–water partition coefficient (Wildman–Crippen LogP) is 3.77. The van der Waals surface area contributed by atoms with Crippen LogP contribution >= 0.6 is 23.6 Å². The van der Waals surface area contributed by atoms with Crippen molar-refractivity contribution in [2.45, 2.75) is 25.7 Å². The summed E-state index contributed by atoms with van der Waals surface area (Å²) in [6.45, 7) is 3.91. The summed E-state index contributed by atoms with van der Waals surface area (Å²) < 4.78 is 5.04. The van der Waals surface area contributed by atoms with Crippen LogP contribution in [0.3, 0.4) is 0 Å². The number of hydrogen-bond acceptors (Lipinski definition) is 6. The first-order valence-corrected chi connectivity index (χ1v) is 10.7. The van der Waals surface area contributed by atoms with E-state index in [-0.39, 0.29) is 5.97 Å². The highest BCUT2D eigenvalue weighted by Crippen LogP contribution is 2.31. The largest absolute Gasteiger partial charge is 0.461 e. The molecular weight excluding hydrogens is 392 g/mol. The predicted molar refractivity (Wildman–Crippen MR) is 117 cm³/mol. The molecule has 150 valence electrons. The fourth-order valence-corrected chi connectivity index (χ4v) is 4.72. The van der Waals surface area contributed by atoms with Gasteiger partial charge in [0.05, 0.1) is 17.3 Å². The molecule has 0 radical (unpaired) electrons. The van der Waals surface area contributed by atoms with E-state index in [9.17, 15) is 4.79 Å². The van der Waals surface area contributed by atoms with Crippen molar-refractivity contribution in [3.8, 4) is 0 Å². The van der Waals surface area contributed by atoms with E-state index in [4.69, 9.17) is 17.0 Å². The third-order valence-electron chi connectivity index (χ3n) is 4.70. The first-order valence-electron chi connectivity index (χ1n) is 9.45. The minimum absolute atomic E-state index is 0.340. The normalized spacial score (nSPS) is 14.9. The Morgan fingerprint density at radius 3 is 2.57 bits per heavy atom. The number of para-hydroxylation sites is 1. The van der Waals surface area contributed by atoms with E-state index in [0.717, 1.165) is 41.7 Å². The van der Waals surface area contributed by atoms with E-state index in [1.54, 1.807) is 23.6 Å². The number of likely N-dealkylation sites (tertiary alicyclic amines) is 1. The van der Waals surface area contributed by atoms with Gasteiger partial charge in [-0.25, -0.2) is 19.8 Å². The van der Waals surface area contributed by atoms with Crippen molar-refractivity contribution >= 4 is 40.3 Å². The lowest BCUT2D eigenvalue weighted by Crippen LogP contribution is -2.51. The van der Waals surface area contributed by atoms with Gasteiger partial charge < -0.3 is 9.64 Å². The Morgan fingerprint density at radius 1 is 1.29 bits per heavy atom. The molecule has 3 rings (SSSR count). The van der Waals surface area contributed by atoms with E-state index in [2.05, 4.69) is 27.0 Å². The van der Waals surface area contributed by atoms with Crippen LogP contribution < -0.4 is 5.01 Å². The molecule has 1 aliphatic heterocycles. The Hall–Kier alpha value is -2.03. The van der Waals surface area contributed by atoms with Crippen LogP contribution in [0.1, 0.15) is 41.2 Å². The monoisotopic (exact) mass is 418 g/mol. The molecule has 0 amide bonds. The van der Waals surface area contributed by atoms with Crippen LogP contribution in [0, 0.1) is 0 Å². The van der Waals surface area contributed by atoms with Gasteiger partial charge in [-0.15, -0.1) is 11.3 Å². The highest BCUT2D eigenvalue weighted by atomic mass is 32.1. The molecule has 1 saturated heterocycles. The van der Waals surface area contributed by atoms with Crippen molar-refractivity contribution in [3.63, 3.8) is 0 Å². The molecule has 0 unspecified atom stereocenters. The number of esters is 1. The van der Waals surface area contributed by atoms with E-state index in [1.165, 1.54) is 0 Å². The van der Waals surface area contributed by atoms with E-state index >= 15 is 0 Å². The van der Waals surface area contributed by atoms with Crippen LogP contribution in [0.25, 0.3) is 0 Å². The number of rotatable bonds is 5. The molecule has 6 nitrogen and oxygen atoms in total. The van der Waals surface area contributed by atoms with Crippen LogP contribution in [0.2, 0.25) is 0 Å². The van der Waals surface area contributed by atoms with Gasteiger partial charge in [0.15, 0.2) is 10.8 Å². The minimum atomic E-state index is -0.340. The Balaban J connectivity index is 1.63. The van der Waals surface area contributed by atoms with Gasteiger partial charge in [0.2, 0.25) is 0 Å². The lowest BCUT2D eigenvalue weighted by Gasteiger charge is -2.40. The molecule has 0 atom stereocenters. The molecule has 0 saturated carbocycles. The smallest absolute Gasteiger partial charge is 0.357 e. The second kappa shape index (κ2) is 9.45. The summed E-state index contributed by atoms with van der Waals surface area (Å²) in [5.74, 6) is 0.0184. The maximum Gasteiger partial charge on any atom is 0.357 e. The summed E-state index contributed by atoms with van der Waals surface area (Å²) >= 11 is 7.36. The van der Waals surface area contributed by atoms with Crippen molar-refractivity contribution < 1.29 is 9.53 Å². The number of carbonyl (C=O) groups is 1. The molecular formula is C20H26N4O2S2. The molecule has 2 aromatic rings. The van der Waals surface area contributed by atoms with Gasteiger partial charge in [-0.3, -0.25) is 0 Å². The molecule has 1 aliphatic rings. The molecule has 0 bridgehead atoms. The van der Waals surface area contributed by atoms with Crippen molar-refractivity contribution in [3.05, 3.63) is 46.4 Å². The summed E-state index contributed by atoms with van der Waals surface area (Å²) in [6, 6.07) is 10.2. The molecule has 8 heteroatoms. The highest BCUT2D eigenvalue weighted by Gasteiger charge is 2.28. The number of benzene rings is 1. The summed E-state index contributed by atoms with van der Waals surface area (Å²) in [5, 5.41) is 7.68. The van der Waals surface area contributed by atoms with Crippen LogP contribution in [-0.2, 0) is 4.74 Å². The highest BCUT2D eigenvalue weighted by molar-refractivity contribution is 7.80. The van der Waals surface area contributed by atoms with Crippen molar-refractivity contribution in [2.24, 2.45) is 0 Å². The quantitative estimate of drug-likeness (QED) is 0.416. The zero-order chi connectivity index (χ0) is 20.1. The fraction of sp³-hybridized carbons (Fsp3) is 0.450. The van der Waals surface area contributed by atoms with Gasteiger partial charge in [0.25, 0.3) is 0 Å². The summed E-state index contributed by atoms with van der Waals surface area (Å²) in [5.41, 5.74) is 1.47. The number of thiazole rings is 1. The van der Waals surface area contributed by atoms with Crippen LogP contribution in [0.4, 0.5) is 5.69 Å². The zero-order valence-electron chi connectivity index (χ0n) is 16.5. The van der Waals surface area contributed by atoms with Crippen LogP contribution in [0.15, 0.2) is 35.7 Å². The lowest BCUT2D eigenvalue weighted by atomic mass is 9.98. The Kier molecular flexibility index (Phi) is 6.98. The maximum atomic E-state index is 11.8. The number of hydrogen-bond donors (Lipinski definition) is 0. The summed E-state index contributed by atoms with van der Waals surface area (Å²) in [7, 11) is 4.00. The minimum Gasteiger partial charge on any atom is -0.461 e. The molecule has 28 heavy (non-hydrogen) atoms. The SMILES string of the molecule is CCOC(=O)c1csc(C2CCN(C(=S)N(c3ccccc3)N(C)C)CC2)n1. The first kappa shape index (κ1) is 20.7. The van der Waals surface area contributed by atoms with Gasteiger partial charge in [0, 0.05) is 38.5 Å². The molecule has 0 N–H and O–H groups in total. The number of carbonyl (C=O) groups excluding carboxylic acids is 1. The summed E-state index contributed by atoms with van der Waals surface area (Å²) in [4.78, 5) is 18.6. The van der Waals surface area contributed by atoms with Gasteiger partial charge in [0.1, 0.15) is 0 Å². The Morgan fingerprint density at radius 2 is 1.96 bits per heavy atom. The molecule has 2 heterocycles. The fourth-order valence-electron chi connectivity index (χ4n) is 3.31. The lowest BCUT2D eigenvalue weighted by molar-refractivity contribution is 0.0520. The van der Waals surface area contributed by atoms with E-state index in [0.29, 0.717) is 18.2 Å². The maximum absolute atomic E-state index is 11.8. The number of hydrazine groups is 1. The first-order chi connectivity index (χ1) is 13.5. The number of ether oxygens (including phenoxy) is 1. The van der Waals surface area contributed by atoms with Gasteiger partial charge in [-0.2, -0.15) is 0 Å².